The molecular formula is C19H22N2O3. The minimum atomic E-state index is -0.500. The first-order chi connectivity index (χ1) is 11.3. The van der Waals surface area contributed by atoms with E-state index in [0.29, 0.717) is 11.3 Å². The lowest BCUT2D eigenvalue weighted by Crippen LogP contribution is -2.21. The van der Waals surface area contributed by atoms with E-state index in [4.69, 9.17) is 4.74 Å². The fraction of sp³-hybridized carbons (Fsp3) is 0.263. The Hall–Kier alpha value is -2.82. The smallest absolute Gasteiger partial charge is 0.338 e. The summed E-state index contributed by atoms with van der Waals surface area (Å²) in [5.41, 5.74) is 4.11. The Kier molecular flexibility index (Phi) is 5.58. The molecule has 0 heterocycles. The second kappa shape index (κ2) is 7.64. The monoisotopic (exact) mass is 326 g/mol. The number of rotatable bonds is 5. The second-order valence-electron chi connectivity index (χ2n) is 5.94. The fourth-order valence-electron chi connectivity index (χ4n) is 2.35. The van der Waals surface area contributed by atoms with E-state index in [0.717, 1.165) is 16.8 Å². The van der Waals surface area contributed by atoms with Crippen molar-refractivity contribution in [2.24, 2.45) is 0 Å². The largest absolute Gasteiger partial charge is 0.452 e. The summed E-state index contributed by atoms with van der Waals surface area (Å²) in [5, 5.41) is 2.70. The zero-order valence-corrected chi connectivity index (χ0v) is 14.4. The van der Waals surface area contributed by atoms with Gasteiger partial charge in [-0.05, 0) is 50.2 Å². The molecule has 126 valence electrons. The van der Waals surface area contributed by atoms with Crippen LogP contribution in [0.5, 0.6) is 0 Å². The maximum Gasteiger partial charge on any atom is 0.338 e. The highest BCUT2D eigenvalue weighted by Crippen LogP contribution is 2.15. The first-order valence-corrected chi connectivity index (χ1v) is 7.68. The van der Waals surface area contributed by atoms with Gasteiger partial charge in [0, 0.05) is 25.5 Å². The topological polar surface area (TPSA) is 58.6 Å². The van der Waals surface area contributed by atoms with E-state index in [2.05, 4.69) is 5.32 Å². The van der Waals surface area contributed by atoms with Crippen molar-refractivity contribution in [2.75, 3.05) is 30.9 Å². The number of esters is 1. The zero-order valence-electron chi connectivity index (χ0n) is 14.4. The second-order valence-corrected chi connectivity index (χ2v) is 5.94. The maximum atomic E-state index is 12.0. The standard InChI is InChI=1S/C19H22N2O3/c1-13-9-14(2)11-15(10-13)19(23)24-12-18(22)20-16-5-7-17(8-6-16)21(3)4/h5-11H,12H2,1-4H3,(H,20,22). The summed E-state index contributed by atoms with van der Waals surface area (Å²) in [6.45, 7) is 3.50. The summed E-state index contributed by atoms with van der Waals surface area (Å²) in [6.07, 6.45) is 0. The van der Waals surface area contributed by atoms with Crippen LogP contribution in [0.2, 0.25) is 0 Å². The number of hydrogen-bond donors (Lipinski definition) is 1. The molecule has 0 aliphatic carbocycles. The van der Waals surface area contributed by atoms with Gasteiger partial charge in [-0.2, -0.15) is 0 Å². The number of carbonyl (C=O) groups is 2. The molecule has 0 saturated carbocycles. The third-order valence-corrected chi connectivity index (χ3v) is 3.46. The van der Waals surface area contributed by atoms with Crippen molar-refractivity contribution in [2.45, 2.75) is 13.8 Å². The van der Waals surface area contributed by atoms with Crippen LogP contribution in [-0.4, -0.2) is 32.6 Å². The van der Waals surface area contributed by atoms with Gasteiger partial charge in [0.25, 0.3) is 5.91 Å². The number of amides is 1. The molecule has 0 saturated heterocycles. The van der Waals surface area contributed by atoms with Crippen molar-refractivity contribution < 1.29 is 14.3 Å². The molecule has 0 aliphatic heterocycles. The average Bonchev–Trinajstić information content (AvgIpc) is 2.52. The van der Waals surface area contributed by atoms with E-state index in [1.54, 1.807) is 24.3 Å². The van der Waals surface area contributed by atoms with Crippen LogP contribution in [0, 0.1) is 13.8 Å². The number of ether oxygens (including phenoxy) is 1. The Bertz CT molecular complexity index is 717. The molecule has 1 N–H and O–H groups in total. The van der Waals surface area contributed by atoms with Crippen LogP contribution in [-0.2, 0) is 9.53 Å². The molecular weight excluding hydrogens is 304 g/mol. The highest BCUT2D eigenvalue weighted by molar-refractivity contribution is 5.95. The Morgan fingerprint density at radius 1 is 1.00 bits per heavy atom. The third kappa shape index (κ3) is 4.84. The number of aryl methyl sites for hydroxylation is 2. The quantitative estimate of drug-likeness (QED) is 0.858. The van der Waals surface area contributed by atoms with Gasteiger partial charge >= 0.3 is 5.97 Å². The van der Waals surface area contributed by atoms with E-state index in [1.807, 2.05) is 51.0 Å². The Labute approximate surface area is 142 Å². The Morgan fingerprint density at radius 2 is 1.58 bits per heavy atom. The minimum absolute atomic E-state index is 0.318. The van der Waals surface area contributed by atoms with Crippen molar-refractivity contribution in [3.8, 4) is 0 Å². The maximum absolute atomic E-state index is 12.0. The van der Waals surface area contributed by atoms with Crippen LogP contribution in [0.3, 0.4) is 0 Å². The fourth-order valence-corrected chi connectivity index (χ4v) is 2.35. The lowest BCUT2D eigenvalue weighted by atomic mass is 10.1. The number of nitrogens with one attached hydrogen (secondary N) is 1. The van der Waals surface area contributed by atoms with Gasteiger partial charge in [0.2, 0.25) is 0 Å². The molecule has 2 rings (SSSR count). The molecule has 0 atom stereocenters. The normalized spacial score (nSPS) is 10.2. The van der Waals surface area contributed by atoms with E-state index >= 15 is 0 Å². The van der Waals surface area contributed by atoms with Crippen LogP contribution < -0.4 is 10.2 Å². The van der Waals surface area contributed by atoms with E-state index < -0.39 is 5.97 Å². The molecule has 0 aliphatic rings. The molecule has 0 fully saturated rings. The molecule has 2 aromatic carbocycles. The first-order valence-electron chi connectivity index (χ1n) is 7.68. The number of benzene rings is 2. The van der Waals surface area contributed by atoms with Gasteiger partial charge in [-0.15, -0.1) is 0 Å². The highest BCUT2D eigenvalue weighted by Gasteiger charge is 2.11. The van der Waals surface area contributed by atoms with Gasteiger partial charge < -0.3 is 15.0 Å². The van der Waals surface area contributed by atoms with Crippen LogP contribution in [0.25, 0.3) is 0 Å². The average molecular weight is 326 g/mol. The van der Waals surface area contributed by atoms with Crippen molar-refractivity contribution >= 4 is 23.3 Å². The van der Waals surface area contributed by atoms with Gasteiger partial charge in [-0.1, -0.05) is 17.2 Å². The van der Waals surface area contributed by atoms with Crippen LogP contribution in [0.15, 0.2) is 42.5 Å². The van der Waals surface area contributed by atoms with Gasteiger partial charge in [-0.25, -0.2) is 4.79 Å². The lowest BCUT2D eigenvalue weighted by Gasteiger charge is -2.13. The zero-order chi connectivity index (χ0) is 17.7. The minimum Gasteiger partial charge on any atom is -0.452 e. The predicted octanol–water partition coefficient (Wildman–Crippen LogP) is 3.16. The lowest BCUT2D eigenvalue weighted by molar-refractivity contribution is -0.119. The van der Waals surface area contributed by atoms with Gasteiger partial charge in [0.15, 0.2) is 6.61 Å². The van der Waals surface area contributed by atoms with Gasteiger partial charge in [0.05, 0.1) is 5.56 Å². The number of carbonyl (C=O) groups excluding carboxylic acids is 2. The van der Waals surface area contributed by atoms with Crippen LogP contribution >= 0.6 is 0 Å². The number of hydrogen-bond acceptors (Lipinski definition) is 4. The molecule has 5 nitrogen and oxygen atoms in total. The number of anilines is 2. The SMILES string of the molecule is Cc1cc(C)cc(C(=O)OCC(=O)Nc2ccc(N(C)C)cc2)c1. The number of nitrogens with zero attached hydrogens (tertiary/aromatic N) is 1. The summed E-state index contributed by atoms with van der Waals surface area (Å²) in [6, 6.07) is 12.9. The van der Waals surface area contributed by atoms with Crippen LogP contribution in [0.1, 0.15) is 21.5 Å². The van der Waals surface area contributed by atoms with Crippen LogP contribution in [0.4, 0.5) is 11.4 Å². The van der Waals surface area contributed by atoms with Crippen molar-refractivity contribution in [1.29, 1.82) is 0 Å². The summed E-state index contributed by atoms with van der Waals surface area (Å²) >= 11 is 0. The van der Waals surface area contributed by atoms with E-state index in [9.17, 15) is 9.59 Å². The Morgan fingerprint density at radius 3 is 2.12 bits per heavy atom. The Balaban J connectivity index is 1.89. The van der Waals surface area contributed by atoms with Gasteiger partial charge in [0.1, 0.15) is 0 Å². The molecule has 0 aromatic heterocycles. The predicted molar refractivity (Wildman–Crippen MR) is 95.6 cm³/mol. The molecule has 24 heavy (non-hydrogen) atoms. The summed E-state index contributed by atoms with van der Waals surface area (Å²) in [5.74, 6) is -0.870. The van der Waals surface area contributed by atoms with Crippen molar-refractivity contribution in [1.82, 2.24) is 0 Å². The molecule has 0 spiro atoms. The third-order valence-electron chi connectivity index (χ3n) is 3.46. The molecule has 0 radical (unpaired) electrons. The van der Waals surface area contributed by atoms with E-state index in [-0.39, 0.29) is 12.5 Å². The van der Waals surface area contributed by atoms with E-state index in [1.165, 1.54) is 0 Å². The molecule has 2 aromatic rings. The van der Waals surface area contributed by atoms with Crippen molar-refractivity contribution in [3.05, 3.63) is 59.2 Å². The molecule has 0 unspecified atom stereocenters. The van der Waals surface area contributed by atoms with Gasteiger partial charge in [-0.3, -0.25) is 4.79 Å². The summed E-state index contributed by atoms with van der Waals surface area (Å²) < 4.78 is 5.07. The molecule has 0 bridgehead atoms. The molecule has 5 heteroatoms. The highest BCUT2D eigenvalue weighted by atomic mass is 16.5. The van der Waals surface area contributed by atoms with Crippen molar-refractivity contribution in [3.63, 3.8) is 0 Å². The summed E-state index contributed by atoms with van der Waals surface area (Å²) in [4.78, 5) is 25.9. The molecule has 1 amide bonds. The first kappa shape index (κ1) is 17.5. The summed E-state index contributed by atoms with van der Waals surface area (Å²) in [7, 11) is 3.89.